The normalized spacial score (nSPS) is 19.1. The van der Waals surface area contributed by atoms with Crippen LogP contribution in [0.4, 0.5) is 8.78 Å². The van der Waals surface area contributed by atoms with E-state index in [1.807, 2.05) is 11.8 Å². The van der Waals surface area contributed by atoms with Gasteiger partial charge in [0.2, 0.25) is 5.91 Å². The van der Waals surface area contributed by atoms with Gasteiger partial charge in [0.1, 0.15) is 0 Å². The average molecular weight is 281 g/mol. The van der Waals surface area contributed by atoms with Crippen molar-refractivity contribution >= 4 is 5.91 Å². The first-order chi connectivity index (χ1) is 9.60. The van der Waals surface area contributed by atoms with Crippen LogP contribution in [0.15, 0.2) is 18.2 Å². The highest BCUT2D eigenvalue weighted by Crippen LogP contribution is 2.22. The maximum Gasteiger partial charge on any atom is 0.222 e. The lowest BCUT2D eigenvalue weighted by molar-refractivity contribution is -0.132. The summed E-state index contributed by atoms with van der Waals surface area (Å²) in [6.45, 7) is 3.54. The largest absolute Gasteiger partial charge is 0.342 e. The van der Waals surface area contributed by atoms with E-state index in [9.17, 15) is 13.6 Å². The zero-order chi connectivity index (χ0) is 14.5. The quantitative estimate of drug-likeness (QED) is 0.826. The molecule has 1 aliphatic heterocycles. The number of benzene rings is 1. The molecule has 1 atom stereocenters. The van der Waals surface area contributed by atoms with Gasteiger partial charge in [-0.3, -0.25) is 4.79 Å². The lowest BCUT2D eigenvalue weighted by Gasteiger charge is -2.32. The van der Waals surface area contributed by atoms with Crippen LogP contribution in [0.2, 0.25) is 0 Å². The van der Waals surface area contributed by atoms with Gasteiger partial charge in [-0.15, -0.1) is 0 Å². The van der Waals surface area contributed by atoms with Crippen LogP contribution in [0.1, 0.15) is 38.2 Å². The number of nitrogens with zero attached hydrogens (tertiary/aromatic N) is 1. The summed E-state index contributed by atoms with van der Waals surface area (Å²) in [5, 5.41) is 0. The Morgan fingerprint density at radius 2 is 2.15 bits per heavy atom. The number of hydrogen-bond donors (Lipinski definition) is 0. The molecule has 1 fully saturated rings. The smallest absolute Gasteiger partial charge is 0.222 e. The standard InChI is InChI=1S/C16H21F2NO/c1-2-16(20)19-9-3-4-13(11-19)6-5-12-7-8-14(17)15(18)10-12/h7-8,10,13H,2-6,9,11H2,1H3. The molecule has 4 heteroatoms. The molecular weight excluding hydrogens is 260 g/mol. The fraction of sp³-hybridized carbons (Fsp3) is 0.562. The second kappa shape index (κ2) is 6.82. The van der Waals surface area contributed by atoms with Crippen molar-refractivity contribution in [3.8, 4) is 0 Å². The van der Waals surface area contributed by atoms with Crippen molar-refractivity contribution in [3.05, 3.63) is 35.4 Å². The van der Waals surface area contributed by atoms with Gasteiger partial charge in [-0.05, 0) is 49.3 Å². The lowest BCUT2D eigenvalue weighted by Crippen LogP contribution is -2.39. The molecule has 2 nitrogen and oxygen atoms in total. The van der Waals surface area contributed by atoms with E-state index < -0.39 is 11.6 Å². The Morgan fingerprint density at radius 3 is 2.85 bits per heavy atom. The minimum atomic E-state index is -0.800. The predicted molar refractivity (Wildman–Crippen MR) is 74.3 cm³/mol. The Balaban J connectivity index is 1.87. The number of amides is 1. The summed E-state index contributed by atoms with van der Waals surface area (Å²) in [4.78, 5) is 13.6. The highest BCUT2D eigenvalue weighted by atomic mass is 19.2. The van der Waals surface area contributed by atoms with Gasteiger partial charge >= 0.3 is 0 Å². The number of halogens is 2. The molecule has 0 aromatic heterocycles. The van der Waals surface area contributed by atoms with Crippen LogP contribution in [0.3, 0.4) is 0 Å². The summed E-state index contributed by atoms with van der Waals surface area (Å²) in [6, 6.07) is 4.09. The molecule has 110 valence electrons. The molecular formula is C16H21F2NO. The molecule has 2 rings (SSSR count). The molecule has 1 unspecified atom stereocenters. The monoisotopic (exact) mass is 281 g/mol. The molecule has 1 amide bonds. The Morgan fingerprint density at radius 1 is 1.35 bits per heavy atom. The molecule has 1 saturated heterocycles. The van der Waals surface area contributed by atoms with Crippen LogP contribution in [0.5, 0.6) is 0 Å². The summed E-state index contributed by atoms with van der Waals surface area (Å²) < 4.78 is 26.0. The highest BCUT2D eigenvalue weighted by molar-refractivity contribution is 5.75. The molecule has 1 heterocycles. The molecule has 0 spiro atoms. The Hall–Kier alpha value is -1.45. The maximum absolute atomic E-state index is 13.1. The first-order valence-corrected chi connectivity index (χ1v) is 7.32. The summed E-state index contributed by atoms with van der Waals surface area (Å²) in [6.07, 6.45) is 4.34. The fourth-order valence-electron chi connectivity index (χ4n) is 2.82. The first-order valence-electron chi connectivity index (χ1n) is 7.32. The number of carbonyl (C=O) groups is 1. The second-order valence-corrected chi connectivity index (χ2v) is 5.49. The lowest BCUT2D eigenvalue weighted by atomic mass is 9.91. The van der Waals surface area contributed by atoms with Crippen LogP contribution in [0, 0.1) is 17.6 Å². The minimum absolute atomic E-state index is 0.211. The number of likely N-dealkylation sites (tertiary alicyclic amines) is 1. The maximum atomic E-state index is 13.1. The van der Waals surface area contributed by atoms with Crippen molar-refractivity contribution in [3.63, 3.8) is 0 Å². The highest BCUT2D eigenvalue weighted by Gasteiger charge is 2.22. The van der Waals surface area contributed by atoms with Gasteiger partial charge in [0.15, 0.2) is 11.6 Å². The summed E-state index contributed by atoms with van der Waals surface area (Å²) >= 11 is 0. The number of rotatable bonds is 4. The van der Waals surface area contributed by atoms with Crippen molar-refractivity contribution in [2.45, 2.75) is 39.0 Å². The molecule has 1 aromatic rings. The van der Waals surface area contributed by atoms with E-state index in [0.717, 1.165) is 44.3 Å². The van der Waals surface area contributed by atoms with Crippen molar-refractivity contribution in [1.29, 1.82) is 0 Å². The summed E-state index contributed by atoms with van der Waals surface area (Å²) in [5.74, 6) is -0.907. The van der Waals surface area contributed by atoms with Crippen LogP contribution in [0.25, 0.3) is 0 Å². The van der Waals surface area contributed by atoms with Gasteiger partial charge in [-0.1, -0.05) is 13.0 Å². The van der Waals surface area contributed by atoms with Crippen molar-refractivity contribution in [2.75, 3.05) is 13.1 Å². The predicted octanol–water partition coefficient (Wildman–Crippen LogP) is 3.55. The van der Waals surface area contributed by atoms with Crippen LogP contribution >= 0.6 is 0 Å². The SMILES string of the molecule is CCC(=O)N1CCCC(CCc2ccc(F)c(F)c2)C1. The van der Waals surface area contributed by atoms with Crippen molar-refractivity contribution < 1.29 is 13.6 Å². The van der Waals surface area contributed by atoms with Crippen LogP contribution in [-0.4, -0.2) is 23.9 Å². The van der Waals surface area contributed by atoms with E-state index in [-0.39, 0.29) is 5.91 Å². The molecule has 0 radical (unpaired) electrons. The zero-order valence-electron chi connectivity index (χ0n) is 11.9. The minimum Gasteiger partial charge on any atom is -0.342 e. The van der Waals surface area contributed by atoms with Crippen molar-refractivity contribution in [2.24, 2.45) is 5.92 Å². The van der Waals surface area contributed by atoms with Gasteiger partial charge in [0, 0.05) is 19.5 Å². The van der Waals surface area contributed by atoms with Crippen molar-refractivity contribution in [1.82, 2.24) is 4.90 Å². The number of hydrogen-bond acceptors (Lipinski definition) is 1. The van der Waals surface area contributed by atoms with E-state index in [4.69, 9.17) is 0 Å². The molecule has 0 saturated carbocycles. The number of carbonyl (C=O) groups excluding carboxylic acids is 1. The van der Waals surface area contributed by atoms with E-state index in [2.05, 4.69) is 0 Å². The molecule has 0 N–H and O–H groups in total. The van der Waals surface area contributed by atoms with E-state index in [1.165, 1.54) is 12.1 Å². The van der Waals surface area contributed by atoms with Gasteiger partial charge in [-0.2, -0.15) is 0 Å². The van der Waals surface area contributed by atoms with Gasteiger partial charge in [0.25, 0.3) is 0 Å². The van der Waals surface area contributed by atoms with E-state index >= 15 is 0 Å². The Bertz CT molecular complexity index is 476. The van der Waals surface area contributed by atoms with E-state index in [1.54, 1.807) is 6.07 Å². The third-order valence-corrected chi connectivity index (χ3v) is 4.00. The topological polar surface area (TPSA) is 20.3 Å². The van der Waals surface area contributed by atoms with Crippen LogP contribution in [-0.2, 0) is 11.2 Å². The van der Waals surface area contributed by atoms with Gasteiger partial charge in [-0.25, -0.2) is 8.78 Å². The second-order valence-electron chi connectivity index (χ2n) is 5.49. The molecule has 0 bridgehead atoms. The number of aryl methyl sites for hydroxylation is 1. The fourth-order valence-corrected chi connectivity index (χ4v) is 2.82. The Labute approximate surface area is 118 Å². The third kappa shape index (κ3) is 3.78. The first kappa shape index (κ1) is 14.9. The zero-order valence-corrected chi connectivity index (χ0v) is 11.9. The number of piperidine rings is 1. The summed E-state index contributed by atoms with van der Waals surface area (Å²) in [5.41, 5.74) is 0.822. The van der Waals surface area contributed by atoms with E-state index in [0.29, 0.717) is 12.3 Å². The molecule has 20 heavy (non-hydrogen) atoms. The molecule has 1 aliphatic rings. The average Bonchev–Trinajstić information content (AvgIpc) is 2.48. The molecule has 0 aliphatic carbocycles. The van der Waals surface area contributed by atoms with Crippen LogP contribution < -0.4 is 0 Å². The third-order valence-electron chi connectivity index (χ3n) is 4.00. The van der Waals surface area contributed by atoms with Gasteiger partial charge < -0.3 is 4.90 Å². The van der Waals surface area contributed by atoms with Gasteiger partial charge in [0.05, 0.1) is 0 Å². The summed E-state index contributed by atoms with van der Waals surface area (Å²) in [7, 11) is 0. The Kier molecular flexibility index (Phi) is 5.10. The molecule has 1 aromatic carbocycles.